The molecule has 3 aliphatic rings. The van der Waals surface area contributed by atoms with Crippen molar-refractivity contribution in [3.05, 3.63) is 59.7 Å². The molecular weight excluding hydrogens is 662 g/mol. The predicted molar refractivity (Wildman–Crippen MR) is 199 cm³/mol. The van der Waals surface area contributed by atoms with Crippen LogP contribution in [0.4, 0.5) is 0 Å². The van der Waals surface area contributed by atoms with E-state index < -0.39 is 47.5 Å². The van der Waals surface area contributed by atoms with Crippen LogP contribution in [-0.2, 0) is 39.9 Å². The van der Waals surface area contributed by atoms with Crippen LogP contribution in [0, 0.1) is 11.8 Å². The number of ether oxygens (including phenoxy) is 2. The molecule has 2 heterocycles. The minimum atomic E-state index is -0.995. The van der Waals surface area contributed by atoms with Crippen LogP contribution in [0.3, 0.4) is 0 Å². The summed E-state index contributed by atoms with van der Waals surface area (Å²) in [5.74, 6) is -1.75. The van der Waals surface area contributed by atoms with E-state index in [4.69, 9.17) is 9.47 Å². The average molecular weight is 722 g/mol. The molecule has 1 aromatic rings. The summed E-state index contributed by atoms with van der Waals surface area (Å²) in [6.45, 7) is 12.4. The van der Waals surface area contributed by atoms with E-state index in [0.717, 1.165) is 24.0 Å². The van der Waals surface area contributed by atoms with Gasteiger partial charge in [-0.2, -0.15) is 0 Å². The molecule has 0 saturated carbocycles. The Kier molecular flexibility index (Phi) is 15.6. The molecule has 1 aromatic carbocycles. The monoisotopic (exact) mass is 721 g/mol. The number of morpholine rings is 1. The largest absolute Gasteiger partial charge is 0.379 e. The first-order chi connectivity index (χ1) is 24.8. The number of amides is 4. The Morgan fingerprint density at radius 1 is 0.788 bits per heavy atom. The van der Waals surface area contributed by atoms with Crippen LogP contribution in [0.1, 0.15) is 78.7 Å². The first-order valence-electron chi connectivity index (χ1n) is 18.9. The van der Waals surface area contributed by atoms with Gasteiger partial charge in [0, 0.05) is 19.5 Å². The van der Waals surface area contributed by atoms with Crippen LogP contribution in [-0.4, -0.2) is 104 Å². The Morgan fingerprint density at radius 2 is 1.38 bits per heavy atom. The second-order valence-corrected chi connectivity index (χ2v) is 15.3. The fourth-order valence-corrected chi connectivity index (χ4v) is 6.53. The smallest absolute Gasteiger partial charge is 0.243 e. The van der Waals surface area contributed by atoms with Crippen molar-refractivity contribution in [2.45, 2.75) is 109 Å². The number of hydrogen-bond acceptors (Lipinski definition) is 8. The molecule has 2 saturated heterocycles. The summed E-state index contributed by atoms with van der Waals surface area (Å²) in [6, 6.07) is 6.10. The van der Waals surface area contributed by atoms with Gasteiger partial charge in [0.25, 0.3) is 0 Å². The van der Waals surface area contributed by atoms with Gasteiger partial charge >= 0.3 is 0 Å². The van der Waals surface area contributed by atoms with Crippen LogP contribution in [0.15, 0.2) is 54.1 Å². The van der Waals surface area contributed by atoms with E-state index in [2.05, 4.69) is 21.3 Å². The number of Topliss-reactive ketones (excluding diaryl/α,β-unsaturated/α-hetero) is 1. The summed E-state index contributed by atoms with van der Waals surface area (Å²) in [7, 11) is 0. The number of ketones is 1. The highest BCUT2D eigenvalue weighted by Gasteiger charge is 2.50. The second kappa shape index (κ2) is 19.8. The van der Waals surface area contributed by atoms with Crippen molar-refractivity contribution in [3.63, 3.8) is 0 Å². The van der Waals surface area contributed by atoms with Gasteiger partial charge in [-0.05, 0) is 68.4 Å². The number of epoxide rings is 1. The predicted octanol–water partition coefficient (Wildman–Crippen LogP) is 3.01. The number of allylic oxidation sites excluding steroid dienone is 3. The fourth-order valence-electron chi connectivity index (χ4n) is 6.53. The summed E-state index contributed by atoms with van der Waals surface area (Å²) >= 11 is 0. The molecule has 1 aliphatic carbocycles. The van der Waals surface area contributed by atoms with E-state index in [1.807, 2.05) is 81.2 Å². The molecule has 12 nitrogen and oxygen atoms in total. The zero-order valence-corrected chi connectivity index (χ0v) is 31.6. The molecule has 0 radical (unpaired) electrons. The van der Waals surface area contributed by atoms with Crippen LogP contribution < -0.4 is 21.3 Å². The van der Waals surface area contributed by atoms with E-state index in [1.165, 1.54) is 0 Å². The van der Waals surface area contributed by atoms with Crippen molar-refractivity contribution in [3.8, 4) is 0 Å². The lowest BCUT2D eigenvalue weighted by Crippen LogP contribution is -2.59. The van der Waals surface area contributed by atoms with E-state index in [-0.39, 0.29) is 36.5 Å². The number of benzene rings is 1. The minimum absolute atomic E-state index is 0.0262. The Bertz CT molecular complexity index is 1430. The van der Waals surface area contributed by atoms with Crippen LogP contribution in [0.5, 0.6) is 0 Å². The van der Waals surface area contributed by atoms with Crippen LogP contribution in [0.2, 0.25) is 0 Å². The third kappa shape index (κ3) is 13.3. The maximum atomic E-state index is 14.1. The Balaban J connectivity index is 1.50. The van der Waals surface area contributed by atoms with Gasteiger partial charge in [0.15, 0.2) is 5.78 Å². The van der Waals surface area contributed by atoms with Crippen molar-refractivity contribution in [2.75, 3.05) is 39.5 Å². The van der Waals surface area contributed by atoms with Crippen molar-refractivity contribution in [2.24, 2.45) is 11.8 Å². The summed E-state index contributed by atoms with van der Waals surface area (Å²) in [6.07, 6.45) is 9.61. The van der Waals surface area contributed by atoms with Gasteiger partial charge in [0.2, 0.25) is 23.6 Å². The second-order valence-electron chi connectivity index (χ2n) is 15.3. The molecule has 52 heavy (non-hydrogen) atoms. The summed E-state index contributed by atoms with van der Waals surface area (Å²) in [4.78, 5) is 70.5. The molecule has 0 spiro atoms. The summed E-state index contributed by atoms with van der Waals surface area (Å²) in [5.41, 5.74) is 1.02. The number of aryl methyl sites for hydroxylation is 1. The van der Waals surface area contributed by atoms with Gasteiger partial charge < -0.3 is 30.7 Å². The van der Waals surface area contributed by atoms with Crippen molar-refractivity contribution < 1.29 is 33.4 Å². The third-order valence-electron chi connectivity index (χ3n) is 9.61. The van der Waals surface area contributed by atoms with Crippen molar-refractivity contribution >= 4 is 29.4 Å². The minimum Gasteiger partial charge on any atom is -0.379 e. The maximum absolute atomic E-state index is 14.1. The molecule has 5 atom stereocenters. The lowest BCUT2D eigenvalue weighted by atomic mass is 9.92. The highest BCUT2D eigenvalue weighted by atomic mass is 16.6. The number of carbonyl (C=O) groups is 5. The van der Waals surface area contributed by atoms with Gasteiger partial charge in [-0.25, -0.2) is 0 Å². The Morgan fingerprint density at radius 3 is 2.00 bits per heavy atom. The first kappa shape index (κ1) is 40.9. The van der Waals surface area contributed by atoms with Gasteiger partial charge in [-0.3, -0.25) is 28.9 Å². The molecule has 4 N–H and O–H groups in total. The zero-order chi connectivity index (χ0) is 37.7. The fraction of sp³-hybridized carbons (Fsp3) is 0.625. The zero-order valence-electron chi connectivity index (χ0n) is 31.6. The van der Waals surface area contributed by atoms with Crippen molar-refractivity contribution in [1.82, 2.24) is 26.2 Å². The van der Waals surface area contributed by atoms with Gasteiger partial charge in [0.1, 0.15) is 23.7 Å². The normalized spacial score (nSPS) is 21.0. The van der Waals surface area contributed by atoms with Crippen LogP contribution in [0.25, 0.3) is 0 Å². The molecule has 12 heteroatoms. The molecule has 2 aliphatic heterocycles. The number of nitrogens with zero attached hydrogens (tertiary/aromatic N) is 1. The van der Waals surface area contributed by atoms with Crippen molar-refractivity contribution in [1.29, 1.82) is 0 Å². The molecule has 0 bridgehead atoms. The Hall–Kier alpha value is -3.87. The lowest BCUT2D eigenvalue weighted by molar-refractivity contribution is -0.135. The molecule has 0 aromatic heterocycles. The van der Waals surface area contributed by atoms with E-state index in [0.29, 0.717) is 58.6 Å². The molecular formula is C40H59N5O7. The molecule has 286 valence electrons. The lowest BCUT2D eigenvalue weighted by Gasteiger charge is -2.29. The molecule has 4 rings (SSSR count). The molecule has 2 fully saturated rings. The topological polar surface area (TPSA) is 158 Å². The Labute approximate surface area is 308 Å². The number of carbonyl (C=O) groups excluding carboxylic acids is 5. The maximum Gasteiger partial charge on any atom is 0.243 e. The van der Waals surface area contributed by atoms with Crippen LogP contribution >= 0.6 is 0 Å². The number of nitrogens with one attached hydrogen (secondary N) is 4. The van der Waals surface area contributed by atoms with E-state index >= 15 is 0 Å². The van der Waals surface area contributed by atoms with Gasteiger partial charge in [-0.1, -0.05) is 76.3 Å². The number of rotatable bonds is 20. The first-order valence-corrected chi connectivity index (χ1v) is 18.9. The standard InChI is InChI=1S/C40H59N5O7/c1-27(2)22-32(36(47)40(5)26-52-40)42-39(50)34(24-30-14-10-7-11-15-30)44-38(49)33(23-28(3)4)43-37(48)31(17-16-29-12-8-6-9-13-29)41-35(46)25-45-18-20-51-21-19-45/h6,8-10,12-15,27-28,31-34H,7,11,16-26H2,1-5H3,(H,41,46)(H,42,50)(H,43,48)(H,44,49)/t31-,32-,33-,34-,40?/m0/s1. The highest BCUT2D eigenvalue weighted by molar-refractivity contribution is 5.98. The quantitative estimate of drug-likeness (QED) is 0.150. The molecule has 4 amide bonds. The van der Waals surface area contributed by atoms with Gasteiger partial charge in [-0.15, -0.1) is 0 Å². The summed E-state index contributed by atoms with van der Waals surface area (Å²) < 4.78 is 10.8. The van der Waals surface area contributed by atoms with Gasteiger partial charge in [0.05, 0.1) is 32.4 Å². The van der Waals surface area contributed by atoms with E-state index in [1.54, 1.807) is 6.92 Å². The number of hydrogen-bond donors (Lipinski definition) is 4. The third-order valence-corrected chi connectivity index (χ3v) is 9.61. The average Bonchev–Trinajstić information content (AvgIpc) is 3.87. The van der Waals surface area contributed by atoms with E-state index in [9.17, 15) is 24.0 Å². The summed E-state index contributed by atoms with van der Waals surface area (Å²) in [5, 5.41) is 11.7. The SMILES string of the molecule is CC(C)C[C@H](NC(=O)[C@H](CCc1ccccc1)NC(=O)CN1CCOCC1)C(=O)N[C@@H](CC1=CCCC=C1)C(=O)N[C@@H](CC(C)C)C(=O)C1(C)CO1. The molecule has 1 unspecified atom stereocenters. The highest BCUT2D eigenvalue weighted by Crippen LogP contribution is 2.30.